The lowest BCUT2D eigenvalue weighted by molar-refractivity contribution is -0.384. The van der Waals surface area contributed by atoms with Gasteiger partial charge in [-0.25, -0.2) is 0 Å². The minimum Gasteiger partial charge on any atom is -0.494 e. The third-order valence-electron chi connectivity index (χ3n) is 2.99. The van der Waals surface area contributed by atoms with Crippen molar-refractivity contribution >= 4 is 11.4 Å². The minimum absolute atomic E-state index is 0.0135. The predicted octanol–water partition coefficient (Wildman–Crippen LogP) is 2.83. The molecule has 0 unspecified atom stereocenters. The molecule has 1 aromatic carbocycles. The van der Waals surface area contributed by atoms with Gasteiger partial charge < -0.3 is 14.8 Å². The molecule has 0 atom stereocenters. The molecule has 0 bridgehead atoms. The van der Waals surface area contributed by atoms with Crippen LogP contribution in [0.15, 0.2) is 18.2 Å². The van der Waals surface area contributed by atoms with Crippen LogP contribution >= 0.6 is 0 Å². The number of nitro benzene ring substituents is 1. The normalized spacial score (nSPS) is 11.2. The maximum absolute atomic E-state index is 10.7. The summed E-state index contributed by atoms with van der Waals surface area (Å²) in [6.45, 7) is 4.69. The van der Waals surface area contributed by atoms with Crippen molar-refractivity contribution in [2.45, 2.75) is 25.9 Å². The Bertz CT molecular complexity index is 446. The quantitative estimate of drug-likeness (QED) is 0.608. The van der Waals surface area contributed by atoms with Crippen LogP contribution in [0.25, 0.3) is 0 Å². The summed E-state index contributed by atoms with van der Waals surface area (Å²) in [4.78, 5) is 10.2. The van der Waals surface area contributed by atoms with Gasteiger partial charge in [-0.05, 0) is 26.3 Å². The van der Waals surface area contributed by atoms with Crippen LogP contribution in [-0.4, -0.2) is 31.3 Å². The largest absolute Gasteiger partial charge is 0.494 e. The Hall–Kier alpha value is -1.82. The van der Waals surface area contributed by atoms with Crippen LogP contribution in [0.4, 0.5) is 11.4 Å². The second-order valence-corrected chi connectivity index (χ2v) is 4.78. The topological polar surface area (TPSA) is 73.6 Å². The molecular weight excluding hydrogens is 248 g/mol. The van der Waals surface area contributed by atoms with E-state index in [1.807, 2.05) is 13.8 Å². The van der Waals surface area contributed by atoms with Crippen molar-refractivity contribution in [3.05, 3.63) is 28.3 Å². The molecule has 0 aliphatic carbocycles. The number of nitro groups is 1. The molecular formula is C13H20N2O4. The second-order valence-electron chi connectivity index (χ2n) is 4.78. The zero-order valence-corrected chi connectivity index (χ0v) is 11.7. The summed E-state index contributed by atoms with van der Waals surface area (Å²) >= 11 is 0. The third kappa shape index (κ3) is 4.40. The van der Waals surface area contributed by atoms with Gasteiger partial charge in [-0.2, -0.15) is 0 Å². The van der Waals surface area contributed by atoms with E-state index in [1.165, 1.54) is 19.2 Å². The number of non-ortho nitro benzene ring substituents is 1. The number of ether oxygens (including phenoxy) is 2. The number of nitrogens with one attached hydrogen (secondary N) is 1. The van der Waals surface area contributed by atoms with Crippen LogP contribution in [0.2, 0.25) is 0 Å². The molecule has 0 amide bonds. The lowest BCUT2D eigenvalue weighted by Crippen LogP contribution is -2.25. The monoisotopic (exact) mass is 268 g/mol. The van der Waals surface area contributed by atoms with Crippen LogP contribution in [0.5, 0.6) is 5.75 Å². The molecule has 0 aliphatic rings. The summed E-state index contributed by atoms with van der Waals surface area (Å²) in [6.07, 6.45) is 0.809. The van der Waals surface area contributed by atoms with Crippen LogP contribution < -0.4 is 10.1 Å². The highest BCUT2D eigenvalue weighted by Crippen LogP contribution is 2.29. The number of anilines is 1. The first kappa shape index (κ1) is 15.2. The zero-order valence-electron chi connectivity index (χ0n) is 11.7. The van der Waals surface area contributed by atoms with E-state index in [1.54, 1.807) is 13.2 Å². The maximum Gasteiger partial charge on any atom is 0.273 e. The van der Waals surface area contributed by atoms with Crippen molar-refractivity contribution in [3.8, 4) is 5.75 Å². The lowest BCUT2D eigenvalue weighted by Gasteiger charge is -2.23. The smallest absolute Gasteiger partial charge is 0.273 e. The van der Waals surface area contributed by atoms with Gasteiger partial charge in [-0.3, -0.25) is 10.1 Å². The Morgan fingerprint density at radius 1 is 1.37 bits per heavy atom. The highest BCUT2D eigenvalue weighted by atomic mass is 16.6. The molecule has 19 heavy (non-hydrogen) atoms. The highest BCUT2D eigenvalue weighted by Gasteiger charge is 2.16. The first-order valence-corrected chi connectivity index (χ1v) is 6.01. The number of hydrogen-bond donors (Lipinski definition) is 1. The van der Waals surface area contributed by atoms with Crippen molar-refractivity contribution < 1.29 is 14.4 Å². The third-order valence-corrected chi connectivity index (χ3v) is 2.99. The van der Waals surface area contributed by atoms with E-state index in [2.05, 4.69) is 5.32 Å². The number of rotatable bonds is 7. The molecule has 0 heterocycles. The van der Waals surface area contributed by atoms with E-state index < -0.39 is 4.92 Å². The first-order valence-electron chi connectivity index (χ1n) is 6.01. The van der Waals surface area contributed by atoms with E-state index in [4.69, 9.17) is 9.47 Å². The molecule has 0 saturated heterocycles. The number of nitrogens with zero attached hydrogens (tertiary/aromatic N) is 1. The molecule has 0 saturated carbocycles. The Morgan fingerprint density at radius 2 is 2.05 bits per heavy atom. The summed E-state index contributed by atoms with van der Waals surface area (Å²) in [5.74, 6) is 0.462. The first-order chi connectivity index (χ1) is 8.89. The van der Waals surface area contributed by atoms with Gasteiger partial charge in [-0.15, -0.1) is 0 Å². The van der Waals surface area contributed by atoms with Gasteiger partial charge in [0, 0.05) is 19.7 Å². The number of hydrogen-bond acceptors (Lipinski definition) is 5. The summed E-state index contributed by atoms with van der Waals surface area (Å²) in [5.41, 5.74) is 0.542. The van der Waals surface area contributed by atoms with Crippen LogP contribution in [0, 0.1) is 10.1 Å². The molecule has 0 aromatic heterocycles. The lowest BCUT2D eigenvalue weighted by atomic mass is 10.1. The van der Waals surface area contributed by atoms with Gasteiger partial charge in [0.05, 0.1) is 29.4 Å². The molecule has 0 radical (unpaired) electrons. The molecule has 0 aliphatic heterocycles. The van der Waals surface area contributed by atoms with E-state index in [0.717, 1.165) is 12.1 Å². The summed E-state index contributed by atoms with van der Waals surface area (Å²) in [5, 5.41) is 13.9. The van der Waals surface area contributed by atoms with Gasteiger partial charge in [0.2, 0.25) is 0 Å². The summed E-state index contributed by atoms with van der Waals surface area (Å²) in [6, 6.07) is 4.51. The van der Waals surface area contributed by atoms with Crippen LogP contribution in [0.3, 0.4) is 0 Å². The fourth-order valence-corrected chi connectivity index (χ4v) is 1.54. The molecule has 6 heteroatoms. The molecule has 1 rings (SSSR count). The number of benzene rings is 1. The molecule has 106 valence electrons. The van der Waals surface area contributed by atoms with Crippen LogP contribution in [-0.2, 0) is 4.74 Å². The van der Waals surface area contributed by atoms with Crippen molar-refractivity contribution in [2.24, 2.45) is 0 Å². The molecule has 1 N–H and O–H groups in total. The average molecular weight is 268 g/mol. The maximum atomic E-state index is 10.7. The standard InChI is InChI=1S/C13H20N2O4/c1-13(2,19-4)7-8-14-11-6-5-10(15(16)17)9-12(11)18-3/h5-6,9,14H,7-8H2,1-4H3. The van der Waals surface area contributed by atoms with Gasteiger partial charge in [0.1, 0.15) is 5.75 Å². The summed E-state index contributed by atoms with van der Waals surface area (Å²) in [7, 11) is 3.16. The Kier molecular flexibility index (Phi) is 5.11. The van der Waals surface area contributed by atoms with Gasteiger partial charge >= 0.3 is 0 Å². The van der Waals surface area contributed by atoms with E-state index in [9.17, 15) is 10.1 Å². The molecule has 1 aromatic rings. The summed E-state index contributed by atoms with van der Waals surface area (Å²) < 4.78 is 10.5. The Morgan fingerprint density at radius 3 is 2.58 bits per heavy atom. The SMILES string of the molecule is COc1cc([N+](=O)[O-])ccc1NCCC(C)(C)OC. The van der Waals surface area contributed by atoms with Gasteiger partial charge in [0.25, 0.3) is 5.69 Å². The Labute approximate surface area is 112 Å². The van der Waals surface area contributed by atoms with E-state index in [0.29, 0.717) is 12.3 Å². The van der Waals surface area contributed by atoms with Gasteiger partial charge in [-0.1, -0.05) is 0 Å². The Balaban J connectivity index is 2.71. The molecule has 6 nitrogen and oxygen atoms in total. The number of methoxy groups -OCH3 is 2. The van der Waals surface area contributed by atoms with Crippen molar-refractivity contribution in [3.63, 3.8) is 0 Å². The highest BCUT2D eigenvalue weighted by molar-refractivity contribution is 5.60. The average Bonchev–Trinajstić information content (AvgIpc) is 2.38. The van der Waals surface area contributed by atoms with Crippen molar-refractivity contribution in [1.29, 1.82) is 0 Å². The zero-order chi connectivity index (χ0) is 14.5. The van der Waals surface area contributed by atoms with E-state index >= 15 is 0 Å². The second kappa shape index (κ2) is 6.38. The van der Waals surface area contributed by atoms with E-state index in [-0.39, 0.29) is 11.3 Å². The van der Waals surface area contributed by atoms with Crippen molar-refractivity contribution in [2.75, 3.05) is 26.1 Å². The van der Waals surface area contributed by atoms with Gasteiger partial charge in [0.15, 0.2) is 0 Å². The fourth-order valence-electron chi connectivity index (χ4n) is 1.54. The predicted molar refractivity (Wildman–Crippen MR) is 73.8 cm³/mol. The molecule has 0 spiro atoms. The van der Waals surface area contributed by atoms with Crippen molar-refractivity contribution in [1.82, 2.24) is 0 Å². The fraction of sp³-hybridized carbons (Fsp3) is 0.538. The van der Waals surface area contributed by atoms with Crippen LogP contribution in [0.1, 0.15) is 20.3 Å². The molecule has 0 fully saturated rings. The minimum atomic E-state index is -0.444.